The van der Waals surface area contributed by atoms with Crippen LogP contribution in [0.5, 0.6) is 0 Å². The molecule has 7 heteroatoms. The number of esters is 1. The van der Waals surface area contributed by atoms with E-state index in [0.717, 1.165) is 6.92 Å². The standard InChI is InChI=1S/C15H23F3O4/c1-9(2)12(19)21-11-7-6-8-13(11,4)22-10(3)14(5,20)15(16,17)18/h10-11,20H,1,6-8H2,2-5H3. The Morgan fingerprint density at radius 3 is 2.45 bits per heavy atom. The van der Waals surface area contributed by atoms with Crippen molar-refractivity contribution >= 4 is 5.97 Å². The highest BCUT2D eigenvalue weighted by atomic mass is 19.4. The first-order valence-corrected chi connectivity index (χ1v) is 7.14. The van der Waals surface area contributed by atoms with E-state index in [9.17, 15) is 23.1 Å². The minimum atomic E-state index is -4.81. The van der Waals surface area contributed by atoms with E-state index in [0.29, 0.717) is 26.2 Å². The molecule has 0 bridgehead atoms. The van der Waals surface area contributed by atoms with Crippen LogP contribution in [0.15, 0.2) is 12.2 Å². The molecule has 4 unspecified atom stereocenters. The molecule has 1 aliphatic rings. The average molecular weight is 324 g/mol. The number of hydrogen-bond acceptors (Lipinski definition) is 4. The van der Waals surface area contributed by atoms with Gasteiger partial charge in [0.15, 0.2) is 5.60 Å². The summed E-state index contributed by atoms with van der Waals surface area (Å²) in [6, 6.07) is 0. The van der Waals surface area contributed by atoms with Crippen molar-refractivity contribution in [3.63, 3.8) is 0 Å². The monoisotopic (exact) mass is 324 g/mol. The molecule has 1 fully saturated rings. The molecule has 0 amide bonds. The smallest absolute Gasteiger partial charge is 0.419 e. The molecule has 128 valence electrons. The highest BCUT2D eigenvalue weighted by Gasteiger charge is 2.56. The van der Waals surface area contributed by atoms with Gasteiger partial charge in [0.05, 0.1) is 6.10 Å². The quantitative estimate of drug-likeness (QED) is 0.623. The van der Waals surface area contributed by atoms with Crippen molar-refractivity contribution in [2.45, 2.75) is 76.5 Å². The summed E-state index contributed by atoms with van der Waals surface area (Å²) < 4.78 is 49.4. The zero-order valence-corrected chi connectivity index (χ0v) is 13.3. The molecule has 4 atom stereocenters. The number of rotatable bonds is 5. The summed E-state index contributed by atoms with van der Waals surface area (Å²) in [6.07, 6.45) is -5.38. The molecule has 0 aromatic heterocycles. The highest BCUT2D eigenvalue weighted by Crippen LogP contribution is 2.41. The van der Waals surface area contributed by atoms with Crippen LogP contribution >= 0.6 is 0 Å². The SMILES string of the molecule is C=C(C)C(=O)OC1CCCC1(C)OC(C)C(C)(O)C(F)(F)F. The van der Waals surface area contributed by atoms with Crippen molar-refractivity contribution in [1.29, 1.82) is 0 Å². The van der Waals surface area contributed by atoms with Gasteiger partial charge in [0.2, 0.25) is 0 Å². The Balaban J connectivity index is 2.85. The van der Waals surface area contributed by atoms with Crippen LogP contribution in [0.1, 0.15) is 47.0 Å². The first-order chi connectivity index (χ1) is 9.81. The molecule has 0 heterocycles. The number of aliphatic hydroxyl groups is 1. The molecule has 22 heavy (non-hydrogen) atoms. The molecule has 1 rings (SSSR count). The van der Waals surface area contributed by atoms with Gasteiger partial charge in [-0.1, -0.05) is 6.58 Å². The molecule has 1 N–H and O–H groups in total. The second-order valence-corrected chi connectivity index (χ2v) is 6.28. The molecule has 0 aromatic rings. The summed E-state index contributed by atoms with van der Waals surface area (Å²) >= 11 is 0. The van der Waals surface area contributed by atoms with Crippen LogP contribution in [0.4, 0.5) is 13.2 Å². The van der Waals surface area contributed by atoms with Gasteiger partial charge in [-0.05, 0) is 47.0 Å². The lowest BCUT2D eigenvalue weighted by Crippen LogP contribution is -2.55. The maximum absolute atomic E-state index is 12.9. The Hall–Kier alpha value is -1.08. The van der Waals surface area contributed by atoms with E-state index in [1.807, 2.05) is 0 Å². The van der Waals surface area contributed by atoms with Gasteiger partial charge >= 0.3 is 12.1 Å². The molecule has 0 radical (unpaired) electrons. The Labute approximate surface area is 128 Å². The van der Waals surface area contributed by atoms with Crippen LogP contribution in [-0.2, 0) is 14.3 Å². The molecule has 4 nitrogen and oxygen atoms in total. The normalized spacial score (nSPS) is 29.7. The lowest BCUT2D eigenvalue weighted by Gasteiger charge is -2.39. The fourth-order valence-electron chi connectivity index (χ4n) is 2.40. The van der Waals surface area contributed by atoms with E-state index >= 15 is 0 Å². The zero-order valence-electron chi connectivity index (χ0n) is 13.3. The largest absolute Gasteiger partial charge is 0.456 e. The molecule has 0 saturated heterocycles. The number of carbonyl (C=O) groups excluding carboxylic acids is 1. The van der Waals surface area contributed by atoms with Gasteiger partial charge in [0.25, 0.3) is 0 Å². The number of ether oxygens (including phenoxy) is 2. The van der Waals surface area contributed by atoms with Gasteiger partial charge in [-0.15, -0.1) is 0 Å². The first kappa shape index (κ1) is 19.0. The van der Waals surface area contributed by atoms with Crippen LogP contribution in [0.2, 0.25) is 0 Å². The van der Waals surface area contributed by atoms with Crippen LogP contribution in [0.3, 0.4) is 0 Å². The van der Waals surface area contributed by atoms with E-state index < -0.39 is 35.6 Å². The van der Waals surface area contributed by atoms with Gasteiger partial charge < -0.3 is 14.6 Å². The van der Waals surface area contributed by atoms with E-state index in [1.54, 1.807) is 6.92 Å². The molecule has 0 spiro atoms. The first-order valence-electron chi connectivity index (χ1n) is 7.14. The van der Waals surface area contributed by atoms with Crippen molar-refractivity contribution in [1.82, 2.24) is 0 Å². The van der Waals surface area contributed by atoms with E-state index in [2.05, 4.69) is 6.58 Å². The lowest BCUT2D eigenvalue weighted by atomic mass is 9.96. The lowest BCUT2D eigenvalue weighted by molar-refractivity contribution is -0.302. The van der Waals surface area contributed by atoms with Gasteiger partial charge in [-0.2, -0.15) is 13.2 Å². The number of hydrogen-bond donors (Lipinski definition) is 1. The van der Waals surface area contributed by atoms with Crippen molar-refractivity contribution in [2.24, 2.45) is 0 Å². The minimum Gasteiger partial charge on any atom is -0.456 e. The van der Waals surface area contributed by atoms with Crippen LogP contribution < -0.4 is 0 Å². The van der Waals surface area contributed by atoms with Crippen LogP contribution in [0.25, 0.3) is 0 Å². The Bertz CT molecular complexity index is 445. The zero-order chi connectivity index (χ0) is 17.3. The molecule has 0 aliphatic heterocycles. The van der Waals surface area contributed by atoms with Crippen LogP contribution in [0, 0.1) is 0 Å². The van der Waals surface area contributed by atoms with Crippen molar-refractivity contribution < 1.29 is 32.5 Å². The van der Waals surface area contributed by atoms with E-state index in [1.165, 1.54) is 6.92 Å². The predicted octanol–water partition coefficient (Wildman–Crippen LogP) is 3.14. The average Bonchev–Trinajstić information content (AvgIpc) is 2.68. The fourth-order valence-corrected chi connectivity index (χ4v) is 2.40. The topological polar surface area (TPSA) is 55.8 Å². The molecule has 1 saturated carbocycles. The third-order valence-electron chi connectivity index (χ3n) is 4.23. The number of halogens is 3. The predicted molar refractivity (Wildman–Crippen MR) is 74.2 cm³/mol. The van der Waals surface area contributed by atoms with Gasteiger partial charge in [0, 0.05) is 5.57 Å². The Morgan fingerprint density at radius 2 is 2.00 bits per heavy atom. The fraction of sp³-hybridized carbons (Fsp3) is 0.800. The minimum absolute atomic E-state index is 0.213. The molecular formula is C15H23F3O4. The third kappa shape index (κ3) is 3.81. The van der Waals surface area contributed by atoms with E-state index in [-0.39, 0.29) is 5.57 Å². The maximum Gasteiger partial charge on any atom is 0.419 e. The summed E-state index contributed by atoms with van der Waals surface area (Å²) in [5.74, 6) is -0.600. The summed E-state index contributed by atoms with van der Waals surface area (Å²) in [4.78, 5) is 11.6. The number of alkyl halides is 3. The van der Waals surface area contributed by atoms with Crippen molar-refractivity contribution in [2.75, 3.05) is 0 Å². The molecular weight excluding hydrogens is 301 g/mol. The summed E-state index contributed by atoms with van der Waals surface area (Å²) in [7, 11) is 0. The third-order valence-corrected chi connectivity index (χ3v) is 4.23. The number of carbonyl (C=O) groups is 1. The summed E-state index contributed by atoms with van der Waals surface area (Å²) in [5, 5.41) is 9.68. The molecule has 0 aromatic carbocycles. The van der Waals surface area contributed by atoms with Crippen molar-refractivity contribution in [3.05, 3.63) is 12.2 Å². The Kier molecular flexibility index (Phi) is 5.34. The van der Waals surface area contributed by atoms with Crippen LogP contribution in [-0.4, -0.2) is 40.7 Å². The maximum atomic E-state index is 12.9. The highest BCUT2D eigenvalue weighted by molar-refractivity contribution is 5.87. The second kappa shape index (κ2) is 6.20. The van der Waals surface area contributed by atoms with E-state index in [4.69, 9.17) is 9.47 Å². The van der Waals surface area contributed by atoms with Crippen molar-refractivity contribution in [3.8, 4) is 0 Å². The van der Waals surface area contributed by atoms with Gasteiger partial charge in [0.1, 0.15) is 11.7 Å². The van der Waals surface area contributed by atoms with Gasteiger partial charge in [-0.3, -0.25) is 0 Å². The van der Waals surface area contributed by atoms with Gasteiger partial charge in [-0.25, -0.2) is 4.79 Å². The summed E-state index contributed by atoms with van der Waals surface area (Å²) in [6.45, 7) is 8.40. The second-order valence-electron chi connectivity index (χ2n) is 6.28. The molecule has 1 aliphatic carbocycles. The Morgan fingerprint density at radius 1 is 1.45 bits per heavy atom. The summed E-state index contributed by atoms with van der Waals surface area (Å²) in [5.41, 5.74) is -3.84.